The van der Waals surface area contributed by atoms with E-state index in [9.17, 15) is 0 Å². The first kappa shape index (κ1) is 12.2. The van der Waals surface area contributed by atoms with Crippen molar-refractivity contribution in [2.75, 3.05) is 0 Å². The predicted octanol–water partition coefficient (Wildman–Crippen LogP) is 3.09. The zero-order valence-electron chi connectivity index (χ0n) is 11.2. The average molecular weight is 249 g/mol. The van der Waals surface area contributed by atoms with Gasteiger partial charge in [-0.05, 0) is 31.6 Å². The molecule has 4 nitrogen and oxygen atoms in total. The molecule has 3 rings (SSSR count). The fourth-order valence-corrected chi connectivity index (χ4v) is 3.34. The van der Waals surface area contributed by atoms with Crippen molar-refractivity contribution in [3.05, 3.63) is 11.7 Å². The largest absolute Gasteiger partial charge is 0.337 e. The van der Waals surface area contributed by atoms with Crippen molar-refractivity contribution in [2.24, 2.45) is 11.7 Å². The lowest BCUT2D eigenvalue weighted by Crippen LogP contribution is -2.33. The summed E-state index contributed by atoms with van der Waals surface area (Å²) in [4.78, 5) is 4.61. The molecule has 0 atom stereocenters. The van der Waals surface area contributed by atoms with Gasteiger partial charge in [-0.3, -0.25) is 0 Å². The fourth-order valence-electron chi connectivity index (χ4n) is 3.34. The van der Waals surface area contributed by atoms with Crippen LogP contribution in [0.5, 0.6) is 0 Å². The van der Waals surface area contributed by atoms with Crippen LogP contribution in [0.25, 0.3) is 0 Å². The molecular weight excluding hydrogens is 226 g/mol. The molecule has 0 saturated heterocycles. The SMILES string of the molecule is CC1CCC(c2noc(C3(N)CCCC3)n2)CC1. The summed E-state index contributed by atoms with van der Waals surface area (Å²) >= 11 is 0. The van der Waals surface area contributed by atoms with Crippen molar-refractivity contribution in [1.29, 1.82) is 0 Å². The zero-order valence-corrected chi connectivity index (χ0v) is 11.2. The molecule has 0 aliphatic heterocycles. The van der Waals surface area contributed by atoms with E-state index < -0.39 is 0 Å². The first-order chi connectivity index (χ1) is 8.67. The van der Waals surface area contributed by atoms with E-state index in [0.717, 1.165) is 24.6 Å². The quantitative estimate of drug-likeness (QED) is 0.874. The number of hydrogen-bond acceptors (Lipinski definition) is 4. The van der Waals surface area contributed by atoms with Crippen molar-refractivity contribution < 1.29 is 4.52 Å². The Kier molecular flexibility index (Phi) is 3.14. The molecule has 0 amide bonds. The number of rotatable bonds is 2. The second-order valence-electron chi connectivity index (χ2n) is 6.28. The van der Waals surface area contributed by atoms with Crippen LogP contribution in [-0.4, -0.2) is 10.1 Å². The number of aromatic nitrogens is 2. The van der Waals surface area contributed by atoms with Gasteiger partial charge in [-0.25, -0.2) is 0 Å². The molecule has 1 heterocycles. The maximum atomic E-state index is 6.35. The molecule has 4 heteroatoms. The number of hydrogen-bond donors (Lipinski definition) is 1. The Morgan fingerprint density at radius 2 is 1.83 bits per heavy atom. The highest BCUT2D eigenvalue weighted by molar-refractivity contribution is 5.07. The second-order valence-corrected chi connectivity index (χ2v) is 6.28. The van der Waals surface area contributed by atoms with Crippen LogP contribution >= 0.6 is 0 Å². The molecule has 100 valence electrons. The van der Waals surface area contributed by atoms with Gasteiger partial charge in [-0.1, -0.05) is 37.8 Å². The monoisotopic (exact) mass is 249 g/mol. The lowest BCUT2D eigenvalue weighted by Gasteiger charge is -2.23. The molecule has 2 N–H and O–H groups in total. The third-order valence-corrected chi connectivity index (χ3v) is 4.74. The third kappa shape index (κ3) is 2.18. The fraction of sp³-hybridized carbons (Fsp3) is 0.857. The third-order valence-electron chi connectivity index (χ3n) is 4.74. The van der Waals surface area contributed by atoms with Crippen LogP contribution in [0, 0.1) is 5.92 Å². The molecule has 0 aromatic carbocycles. The van der Waals surface area contributed by atoms with Gasteiger partial charge < -0.3 is 10.3 Å². The molecule has 0 spiro atoms. The molecule has 1 aromatic heterocycles. The first-order valence-electron chi connectivity index (χ1n) is 7.30. The van der Waals surface area contributed by atoms with Crippen molar-refractivity contribution in [3.8, 4) is 0 Å². The molecule has 2 aliphatic rings. The van der Waals surface area contributed by atoms with Gasteiger partial charge >= 0.3 is 0 Å². The molecule has 1 aromatic rings. The van der Waals surface area contributed by atoms with Crippen LogP contribution in [0.2, 0.25) is 0 Å². The van der Waals surface area contributed by atoms with Gasteiger partial charge in [0, 0.05) is 5.92 Å². The number of nitrogens with zero attached hydrogens (tertiary/aromatic N) is 2. The Labute approximate surface area is 108 Å². The van der Waals surface area contributed by atoms with Crippen molar-refractivity contribution in [2.45, 2.75) is 69.7 Å². The second kappa shape index (κ2) is 4.65. The number of nitrogens with two attached hydrogens (primary N) is 1. The van der Waals surface area contributed by atoms with Gasteiger partial charge in [0.2, 0.25) is 5.89 Å². The van der Waals surface area contributed by atoms with Crippen LogP contribution in [0.3, 0.4) is 0 Å². The van der Waals surface area contributed by atoms with Crippen molar-refractivity contribution >= 4 is 0 Å². The van der Waals surface area contributed by atoms with Crippen molar-refractivity contribution in [1.82, 2.24) is 10.1 Å². The van der Waals surface area contributed by atoms with Gasteiger partial charge in [0.15, 0.2) is 5.82 Å². The summed E-state index contributed by atoms with van der Waals surface area (Å²) in [5.74, 6) is 2.91. The van der Waals surface area contributed by atoms with Crippen LogP contribution in [0.15, 0.2) is 4.52 Å². The summed E-state index contributed by atoms with van der Waals surface area (Å²) in [6, 6.07) is 0. The molecule has 2 fully saturated rings. The summed E-state index contributed by atoms with van der Waals surface area (Å²) in [5.41, 5.74) is 6.01. The molecule has 2 saturated carbocycles. The topological polar surface area (TPSA) is 64.9 Å². The van der Waals surface area contributed by atoms with Gasteiger partial charge in [-0.2, -0.15) is 4.98 Å². The standard InChI is InChI=1S/C14H23N3O/c1-10-4-6-11(7-5-10)12-16-13(18-17-12)14(15)8-2-3-9-14/h10-11H,2-9,15H2,1H3. The van der Waals surface area contributed by atoms with E-state index in [0.29, 0.717) is 11.8 Å². The Morgan fingerprint density at radius 1 is 1.17 bits per heavy atom. The Morgan fingerprint density at radius 3 is 2.50 bits per heavy atom. The maximum absolute atomic E-state index is 6.35. The molecule has 0 unspecified atom stereocenters. The lowest BCUT2D eigenvalue weighted by molar-refractivity contribution is 0.279. The Bertz CT molecular complexity index is 401. The Balaban J connectivity index is 1.73. The highest BCUT2D eigenvalue weighted by atomic mass is 16.5. The van der Waals surface area contributed by atoms with Crippen LogP contribution in [-0.2, 0) is 5.54 Å². The summed E-state index contributed by atoms with van der Waals surface area (Å²) in [5, 5.41) is 4.19. The smallest absolute Gasteiger partial charge is 0.246 e. The summed E-state index contributed by atoms with van der Waals surface area (Å²) in [7, 11) is 0. The van der Waals surface area contributed by atoms with Gasteiger partial charge in [0.25, 0.3) is 0 Å². The van der Waals surface area contributed by atoms with Crippen LogP contribution in [0.4, 0.5) is 0 Å². The predicted molar refractivity (Wildman–Crippen MR) is 69.0 cm³/mol. The van der Waals surface area contributed by atoms with E-state index in [1.54, 1.807) is 0 Å². The molecule has 2 aliphatic carbocycles. The highest BCUT2D eigenvalue weighted by Gasteiger charge is 2.37. The molecule has 0 bridgehead atoms. The zero-order chi connectivity index (χ0) is 12.6. The van der Waals surface area contributed by atoms with E-state index in [1.165, 1.54) is 38.5 Å². The van der Waals surface area contributed by atoms with E-state index in [2.05, 4.69) is 17.1 Å². The summed E-state index contributed by atoms with van der Waals surface area (Å²) < 4.78 is 5.45. The van der Waals surface area contributed by atoms with Crippen LogP contribution in [0.1, 0.15) is 75.9 Å². The van der Waals surface area contributed by atoms with Gasteiger partial charge in [0.1, 0.15) is 0 Å². The molecule has 0 radical (unpaired) electrons. The van der Waals surface area contributed by atoms with E-state index >= 15 is 0 Å². The van der Waals surface area contributed by atoms with Gasteiger partial charge in [-0.15, -0.1) is 0 Å². The van der Waals surface area contributed by atoms with Gasteiger partial charge in [0.05, 0.1) is 5.54 Å². The van der Waals surface area contributed by atoms with Crippen LogP contribution < -0.4 is 5.73 Å². The maximum Gasteiger partial charge on any atom is 0.246 e. The summed E-state index contributed by atoms with van der Waals surface area (Å²) in [6.45, 7) is 2.32. The van der Waals surface area contributed by atoms with E-state index in [1.807, 2.05) is 0 Å². The summed E-state index contributed by atoms with van der Waals surface area (Å²) in [6.07, 6.45) is 9.26. The van der Waals surface area contributed by atoms with E-state index in [4.69, 9.17) is 10.3 Å². The molecule has 18 heavy (non-hydrogen) atoms. The normalized spacial score (nSPS) is 31.7. The minimum absolute atomic E-state index is 0.340. The van der Waals surface area contributed by atoms with Crippen molar-refractivity contribution in [3.63, 3.8) is 0 Å². The lowest BCUT2D eigenvalue weighted by atomic mass is 9.83. The average Bonchev–Trinajstić information content (AvgIpc) is 2.99. The minimum Gasteiger partial charge on any atom is -0.337 e. The first-order valence-corrected chi connectivity index (χ1v) is 7.30. The minimum atomic E-state index is -0.340. The van der Waals surface area contributed by atoms with E-state index in [-0.39, 0.29) is 5.54 Å². The Hall–Kier alpha value is -0.900. The molecular formula is C14H23N3O. The highest BCUT2D eigenvalue weighted by Crippen LogP contribution is 2.38.